The minimum Gasteiger partial charge on any atom is -0.459 e. The van der Waals surface area contributed by atoms with Crippen LogP contribution in [-0.2, 0) is 28.6 Å². The number of ether oxygens (including phenoxy) is 3. The maximum atomic E-state index is 11.5. The third kappa shape index (κ3) is 6.18. The first-order valence-corrected chi connectivity index (χ1v) is 8.64. The summed E-state index contributed by atoms with van der Waals surface area (Å²) < 4.78 is 16.0. The molecule has 0 amide bonds. The second kappa shape index (κ2) is 8.50. The van der Waals surface area contributed by atoms with E-state index in [0.717, 1.165) is 0 Å². The van der Waals surface area contributed by atoms with Gasteiger partial charge in [-0.2, -0.15) is 0 Å². The van der Waals surface area contributed by atoms with E-state index in [4.69, 9.17) is 14.2 Å². The van der Waals surface area contributed by atoms with Gasteiger partial charge in [0.15, 0.2) is 0 Å². The van der Waals surface area contributed by atoms with Crippen LogP contribution in [0.5, 0.6) is 0 Å². The van der Waals surface area contributed by atoms with Crippen LogP contribution in [0, 0.1) is 17.3 Å². The van der Waals surface area contributed by atoms with Crippen molar-refractivity contribution in [2.24, 2.45) is 17.3 Å². The lowest BCUT2D eigenvalue weighted by Crippen LogP contribution is -2.52. The van der Waals surface area contributed by atoms with Crippen molar-refractivity contribution in [1.29, 1.82) is 0 Å². The predicted molar refractivity (Wildman–Crippen MR) is 92.5 cm³/mol. The average molecular weight is 354 g/mol. The molecule has 0 aromatic carbocycles. The van der Waals surface area contributed by atoms with Crippen LogP contribution < -0.4 is 0 Å². The van der Waals surface area contributed by atoms with Gasteiger partial charge in [-0.25, -0.2) is 0 Å². The van der Waals surface area contributed by atoms with Gasteiger partial charge in [-0.05, 0) is 30.8 Å². The molecule has 0 radical (unpaired) electrons. The molecular formula is C19H30O6. The van der Waals surface area contributed by atoms with Gasteiger partial charge in [0, 0.05) is 26.7 Å². The van der Waals surface area contributed by atoms with Crippen LogP contribution in [0.4, 0.5) is 0 Å². The minimum absolute atomic E-state index is 0.0576. The van der Waals surface area contributed by atoms with Gasteiger partial charge in [0.25, 0.3) is 0 Å². The van der Waals surface area contributed by atoms with Crippen LogP contribution in [0.25, 0.3) is 0 Å². The van der Waals surface area contributed by atoms with Gasteiger partial charge in [-0.1, -0.05) is 26.8 Å². The third-order valence-electron chi connectivity index (χ3n) is 4.64. The monoisotopic (exact) mass is 354 g/mol. The summed E-state index contributed by atoms with van der Waals surface area (Å²) in [5.41, 5.74) is -0.178. The Bertz CT molecular complexity index is 536. The molecule has 0 bridgehead atoms. The van der Waals surface area contributed by atoms with E-state index in [2.05, 4.69) is 13.8 Å². The van der Waals surface area contributed by atoms with Crippen molar-refractivity contribution in [2.45, 2.75) is 73.2 Å². The van der Waals surface area contributed by atoms with Gasteiger partial charge in [-0.3, -0.25) is 14.4 Å². The number of carbonyl (C=O) groups is 3. The predicted octanol–water partition coefficient (Wildman–Crippen LogP) is 3.04. The zero-order chi connectivity index (χ0) is 19.4. The summed E-state index contributed by atoms with van der Waals surface area (Å²) in [4.78, 5) is 34.0. The molecule has 142 valence electrons. The lowest BCUT2D eigenvalue weighted by Gasteiger charge is -2.48. The van der Waals surface area contributed by atoms with Gasteiger partial charge in [0.1, 0.15) is 18.3 Å². The first-order valence-electron chi connectivity index (χ1n) is 8.64. The Morgan fingerprint density at radius 1 is 1.04 bits per heavy atom. The van der Waals surface area contributed by atoms with Gasteiger partial charge in [0.05, 0.1) is 0 Å². The standard InChI is InChI=1S/C19H30O6/c1-11(23-13(3)20)8-9-16-12(2)18(25-15(5)22)17(24-14(4)21)10-19(16,6)7/h8-9,11-12,16-18H,10H2,1-7H3/t11-,12-,16-,17-,18-/m0/s1. The van der Waals surface area contributed by atoms with Crippen molar-refractivity contribution in [1.82, 2.24) is 0 Å². The molecule has 25 heavy (non-hydrogen) atoms. The van der Waals surface area contributed by atoms with Crippen LogP contribution in [0.15, 0.2) is 12.2 Å². The molecule has 0 aromatic heterocycles. The number of rotatable bonds is 5. The van der Waals surface area contributed by atoms with Crippen molar-refractivity contribution in [3.05, 3.63) is 12.2 Å². The van der Waals surface area contributed by atoms with E-state index in [1.165, 1.54) is 20.8 Å². The molecule has 0 aliphatic heterocycles. The van der Waals surface area contributed by atoms with E-state index >= 15 is 0 Å². The molecule has 1 aliphatic carbocycles. The molecule has 1 rings (SSSR count). The highest BCUT2D eigenvalue weighted by Crippen LogP contribution is 2.47. The summed E-state index contributed by atoms with van der Waals surface area (Å²) in [5.74, 6) is -1.10. The fourth-order valence-corrected chi connectivity index (χ4v) is 3.74. The third-order valence-corrected chi connectivity index (χ3v) is 4.64. The van der Waals surface area contributed by atoms with E-state index in [9.17, 15) is 14.4 Å². The molecule has 0 spiro atoms. The molecule has 0 unspecified atom stereocenters. The Morgan fingerprint density at radius 2 is 1.60 bits per heavy atom. The summed E-state index contributed by atoms with van der Waals surface area (Å²) in [6.07, 6.45) is 3.13. The maximum absolute atomic E-state index is 11.5. The SMILES string of the molecule is CC(=O)O[C@H]1[C@@H](C)[C@H](C=C[C@H](C)OC(C)=O)C(C)(C)C[C@@H]1OC(C)=O. The van der Waals surface area contributed by atoms with Crippen LogP contribution in [0.1, 0.15) is 54.9 Å². The van der Waals surface area contributed by atoms with Crippen molar-refractivity contribution in [3.8, 4) is 0 Å². The Labute approximate surface area is 149 Å². The first kappa shape index (κ1) is 21.2. The summed E-state index contributed by atoms with van der Waals surface area (Å²) in [6.45, 7) is 12.0. The second-order valence-electron chi connectivity index (χ2n) is 7.50. The quantitative estimate of drug-likeness (QED) is 0.429. The van der Waals surface area contributed by atoms with Gasteiger partial charge in [-0.15, -0.1) is 0 Å². The molecule has 0 saturated heterocycles. The van der Waals surface area contributed by atoms with Crippen molar-refractivity contribution >= 4 is 17.9 Å². The minimum atomic E-state index is -0.506. The number of carbonyl (C=O) groups excluding carboxylic acids is 3. The van der Waals surface area contributed by atoms with Crippen LogP contribution in [0.2, 0.25) is 0 Å². The van der Waals surface area contributed by atoms with E-state index in [1.807, 2.05) is 19.1 Å². The molecule has 1 saturated carbocycles. The summed E-state index contributed by atoms with van der Waals surface area (Å²) in [5, 5.41) is 0. The Hall–Kier alpha value is -1.85. The van der Waals surface area contributed by atoms with Crippen LogP contribution >= 0.6 is 0 Å². The number of esters is 3. The molecule has 0 heterocycles. The lowest BCUT2D eigenvalue weighted by atomic mass is 9.62. The molecular weight excluding hydrogens is 324 g/mol. The highest BCUT2D eigenvalue weighted by molar-refractivity contribution is 5.67. The molecule has 1 fully saturated rings. The maximum Gasteiger partial charge on any atom is 0.303 e. The van der Waals surface area contributed by atoms with Crippen molar-refractivity contribution < 1.29 is 28.6 Å². The van der Waals surface area contributed by atoms with E-state index in [-0.39, 0.29) is 35.3 Å². The largest absolute Gasteiger partial charge is 0.459 e. The highest BCUT2D eigenvalue weighted by atomic mass is 16.6. The normalized spacial score (nSPS) is 29.7. The van der Waals surface area contributed by atoms with Crippen molar-refractivity contribution in [3.63, 3.8) is 0 Å². The molecule has 5 atom stereocenters. The molecule has 0 aromatic rings. The van der Waals surface area contributed by atoms with Gasteiger partial charge in [0.2, 0.25) is 0 Å². The fourth-order valence-electron chi connectivity index (χ4n) is 3.74. The molecule has 1 aliphatic rings. The van der Waals surface area contributed by atoms with Gasteiger partial charge < -0.3 is 14.2 Å². The van der Waals surface area contributed by atoms with Crippen LogP contribution in [-0.4, -0.2) is 36.2 Å². The van der Waals surface area contributed by atoms with E-state index < -0.39 is 18.2 Å². The topological polar surface area (TPSA) is 78.9 Å². The van der Waals surface area contributed by atoms with E-state index in [0.29, 0.717) is 6.42 Å². The van der Waals surface area contributed by atoms with E-state index in [1.54, 1.807) is 6.92 Å². The average Bonchev–Trinajstić information content (AvgIpc) is 2.40. The summed E-state index contributed by atoms with van der Waals surface area (Å²) in [6, 6.07) is 0. The highest BCUT2D eigenvalue weighted by Gasteiger charge is 2.48. The Morgan fingerprint density at radius 3 is 2.08 bits per heavy atom. The summed E-state index contributed by atoms with van der Waals surface area (Å²) in [7, 11) is 0. The zero-order valence-electron chi connectivity index (χ0n) is 16.2. The Balaban J connectivity index is 3.04. The second-order valence-corrected chi connectivity index (χ2v) is 7.50. The molecule has 6 heteroatoms. The number of hydrogen-bond donors (Lipinski definition) is 0. The first-order chi connectivity index (χ1) is 11.4. The molecule has 6 nitrogen and oxygen atoms in total. The Kier molecular flexibility index (Phi) is 7.20. The lowest BCUT2D eigenvalue weighted by molar-refractivity contribution is -0.184. The molecule has 0 N–H and O–H groups in total. The zero-order valence-corrected chi connectivity index (χ0v) is 16.2. The van der Waals surface area contributed by atoms with Gasteiger partial charge >= 0.3 is 17.9 Å². The summed E-state index contributed by atoms with van der Waals surface area (Å²) >= 11 is 0. The number of hydrogen-bond acceptors (Lipinski definition) is 6. The van der Waals surface area contributed by atoms with Crippen LogP contribution in [0.3, 0.4) is 0 Å². The smallest absolute Gasteiger partial charge is 0.303 e. The number of allylic oxidation sites excluding steroid dienone is 1. The fraction of sp³-hybridized carbons (Fsp3) is 0.737. The van der Waals surface area contributed by atoms with Crippen molar-refractivity contribution in [2.75, 3.05) is 0 Å².